The summed E-state index contributed by atoms with van der Waals surface area (Å²) < 4.78 is 0. The molecule has 0 aromatic carbocycles. The predicted octanol–water partition coefficient (Wildman–Crippen LogP) is 3.35. The van der Waals surface area contributed by atoms with Crippen molar-refractivity contribution in [1.82, 2.24) is 9.88 Å². The number of pyridine rings is 1. The maximum Gasteiger partial charge on any atom is 0.150 e. The van der Waals surface area contributed by atoms with Gasteiger partial charge >= 0.3 is 0 Å². The normalized spacial score (nSPS) is 19.9. The van der Waals surface area contributed by atoms with E-state index in [1.165, 1.54) is 19.4 Å². The average Bonchev–Trinajstić information content (AvgIpc) is 3.27. The first-order chi connectivity index (χ1) is 10.2. The molecule has 21 heavy (non-hydrogen) atoms. The molecule has 2 aliphatic rings. The SMILES string of the molecule is CCNc1nc(N2CCN(CC3CC3)CC2)c(Cl)cc1Cl. The van der Waals surface area contributed by atoms with Gasteiger partial charge in [0.1, 0.15) is 11.6 Å². The zero-order valence-corrected chi connectivity index (χ0v) is 13.9. The largest absolute Gasteiger partial charge is 0.369 e. The highest BCUT2D eigenvalue weighted by molar-refractivity contribution is 6.37. The topological polar surface area (TPSA) is 31.4 Å². The van der Waals surface area contributed by atoms with Crippen LogP contribution in [0.3, 0.4) is 0 Å². The molecule has 0 spiro atoms. The maximum absolute atomic E-state index is 6.34. The maximum atomic E-state index is 6.34. The summed E-state index contributed by atoms with van der Waals surface area (Å²) in [6.07, 6.45) is 2.83. The number of anilines is 2. The van der Waals surface area contributed by atoms with Gasteiger partial charge in [0, 0.05) is 39.3 Å². The Morgan fingerprint density at radius 1 is 1.19 bits per heavy atom. The molecule has 1 aromatic heterocycles. The van der Waals surface area contributed by atoms with E-state index in [2.05, 4.69) is 20.1 Å². The molecule has 6 heteroatoms. The van der Waals surface area contributed by atoms with E-state index in [0.29, 0.717) is 10.0 Å². The lowest BCUT2D eigenvalue weighted by Gasteiger charge is -2.36. The summed E-state index contributed by atoms with van der Waals surface area (Å²) in [5.41, 5.74) is 0. The molecular formula is C15H22Cl2N4. The van der Waals surface area contributed by atoms with Crippen LogP contribution in [0.2, 0.25) is 10.0 Å². The smallest absolute Gasteiger partial charge is 0.150 e. The second-order valence-electron chi connectivity index (χ2n) is 5.89. The molecule has 0 unspecified atom stereocenters. The summed E-state index contributed by atoms with van der Waals surface area (Å²) in [4.78, 5) is 9.44. The summed E-state index contributed by atoms with van der Waals surface area (Å²) in [5.74, 6) is 2.52. The number of hydrogen-bond donors (Lipinski definition) is 1. The third-order valence-corrected chi connectivity index (χ3v) is 4.71. The summed E-state index contributed by atoms with van der Waals surface area (Å²) in [6, 6.07) is 1.79. The van der Waals surface area contributed by atoms with Crippen molar-refractivity contribution in [3.8, 4) is 0 Å². The van der Waals surface area contributed by atoms with Gasteiger partial charge in [-0.3, -0.25) is 4.90 Å². The zero-order valence-electron chi connectivity index (χ0n) is 12.4. The number of rotatable bonds is 5. The van der Waals surface area contributed by atoms with Crippen molar-refractivity contribution in [2.45, 2.75) is 19.8 Å². The minimum absolute atomic E-state index is 0.581. The zero-order chi connectivity index (χ0) is 14.8. The Labute approximate surface area is 136 Å². The van der Waals surface area contributed by atoms with Gasteiger partial charge in [0.2, 0.25) is 0 Å². The van der Waals surface area contributed by atoms with Crippen LogP contribution in [0.25, 0.3) is 0 Å². The quantitative estimate of drug-likeness (QED) is 0.898. The van der Waals surface area contributed by atoms with Crippen LogP contribution in [-0.4, -0.2) is 49.2 Å². The highest BCUT2D eigenvalue weighted by Gasteiger charge is 2.27. The van der Waals surface area contributed by atoms with Crippen LogP contribution >= 0.6 is 23.2 Å². The standard InChI is InChI=1S/C15H22Cl2N4/c1-2-18-14-12(16)9-13(17)15(19-14)21-7-5-20(6-8-21)10-11-3-4-11/h9,11H,2-8,10H2,1H3,(H,18,19). The minimum Gasteiger partial charge on any atom is -0.369 e. The van der Waals surface area contributed by atoms with Crippen LogP contribution in [0, 0.1) is 5.92 Å². The van der Waals surface area contributed by atoms with Gasteiger partial charge in [-0.1, -0.05) is 23.2 Å². The second kappa shape index (κ2) is 6.59. The number of hydrogen-bond acceptors (Lipinski definition) is 4. The fraction of sp³-hybridized carbons (Fsp3) is 0.667. The molecule has 4 nitrogen and oxygen atoms in total. The van der Waals surface area contributed by atoms with Crippen molar-refractivity contribution in [2.24, 2.45) is 5.92 Å². The van der Waals surface area contributed by atoms with Gasteiger partial charge in [0.15, 0.2) is 0 Å². The molecule has 1 saturated heterocycles. The van der Waals surface area contributed by atoms with E-state index in [4.69, 9.17) is 23.2 Å². The number of nitrogens with one attached hydrogen (secondary N) is 1. The lowest BCUT2D eigenvalue weighted by molar-refractivity contribution is 0.247. The molecule has 0 amide bonds. The molecule has 0 bridgehead atoms. The molecule has 1 saturated carbocycles. The van der Waals surface area contributed by atoms with Gasteiger partial charge < -0.3 is 10.2 Å². The number of piperazine rings is 1. The molecule has 2 fully saturated rings. The van der Waals surface area contributed by atoms with Crippen LogP contribution in [0.5, 0.6) is 0 Å². The van der Waals surface area contributed by atoms with Gasteiger partial charge in [0.05, 0.1) is 10.0 Å². The van der Waals surface area contributed by atoms with Gasteiger partial charge in [-0.15, -0.1) is 0 Å². The minimum atomic E-state index is 0.581. The van der Waals surface area contributed by atoms with E-state index >= 15 is 0 Å². The molecule has 116 valence electrons. The highest BCUT2D eigenvalue weighted by atomic mass is 35.5. The molecule has 0 radical (unpaired) electrons. The molecular weight excluding hydrogens is 307 g/mol. The lowest BCUT2D eigenvalue weighted by Crippen LogP contribution is -2.47. The van der Waals surface area contributed by atoms with Crippen LogP contribution in [0.4, 0.5) is 11.6 Å². The van der Waals surface area contributed by atoms with Crippen molar-refractivity contribution in [2.75, 3.05) is 49.5 Å². The molecule has 0 atom stereocenters. The Kier molecular flexibility index (Phi) is 4.77. The number of halogens is 2. The monoisotopic (exact) mass is 328 g/mol. The van der Waals surface area contributed by atoms with Crippen molar-refractivity contribution >= 4 is 34.8 Å². The van der Waals surface area contributed by atoms with E-state index in [9.17, 15) is 0 Å². The van der Waals surface area contributed by atoms with Crippen LogP contribution in [0.1, 0.15) is 19.8 Å². The van der Waals surface area contributed by atoms with Gasteiger partial charge in [-0.05, 0) is 31.7 Å². The number of nitrogens with zero attached hydrogens (tertiary/aromatic N) is 3. The summed E-state index contributed by atoms with van der Waals surface area (Å²) in [5, 5.41) is 4.40. The highest BCUT2D eigenvalue weighted by Crippen LogP contribution is 2.33. The first kappa shape index (κ1) is 15.2. The Morgan fingerprint density at radius 3 is 2.52 bits per heavy atom. The Hall–Kier alpha value is -0.710. The summed E-state index contributed by atoms with van der Waals surface area (Å²) in [6.45, 7) is 8.23. The number of aromatic nitrogens is 1. The average molecular weight is 329 g/mol. The molecule has 1 aliphatic carbocycles. The fourth-order valence-corrected chi connectivity index (χ4v) is 3.32. The predicted molar refractivity (Wildman–Crippen MR) is 89.8 cm³/mol. The molecule has 2 heterocycles. The Bertz CT molecular complexity index is 497. The van der Waals surface area contributed by atoms with Crippen molar-refractivity contribution < 1.29 is 0 Å². The Morgan fingerprint density at radius 2 is 1.90 bits per heavy atom. The van der Waals surface area contributed by atoms with E-state index in [1.54, 1.807) is 6.07 Å². The van der Waals surface area contributed by atoms with Crippen molar-refractivity contribution in [3.05, 3.63) is 16.1 Å². The third-order valence-electron chi connectivity index (χ3n) is 4.14. The van der Waals surface area contributed by atoms with Crippen LogP contribution in [0.15, 0.2) is 6.07 Å². The summed E-state index contributed by atoms with van der Waals surface area (Å²) >= 11 is 12.5. The lowest BCUT2D eigenvalue weighted by atomic mass is 10.2. The Balaban J connectivity index is 1.67. The van der Waals surface area contributed by atoms with Gasteiger partial charge in [0.25, 0.3) is 0 Å². The summed E-state index contributed by atoms with van der Waals surface area (Å²) in [7, 11) is 0. The van der Waals surface area contributed by atoms with E-state index < -0.39 is 0 Å². The van der Waals surface area contributed by atoms with E-state index in [0.717, 1.165) is 50.3 Å². The van der Waals surface area contributed by atoms with Crippen LogP contribution < -0.4 is 10.2 Å². The second-order valence-corrected chi connectivity index (χ2v) is 6.70. The van der Waals surface area contributed by atoms with E-state index in [-0.39, 0.29) is 0 Å². The van der Waals surface area contributed by atoms with Crippen molar-refractivity contribution in [1.29, 1.82) is 0 Å². The molecule has 1 aromatic rings. The molecule has 3 rings (SSSR count). The van der Waals surface area contributed by atoms with Crippen LogP contribution in [-0.2, 0) is 0 Å². The first-order valence-corrected chi connectivity index (χ1v) is 8.50. The molecule has 1 N–H and O–H groups in total. The molecule has 1 aliphatic heterocycles. The van der Waals surface area contributed by atoms with Crippen molar-refractivity contribution in [3.63, 3.8) is 0 Å². The first-order valence-electron chi connectivity index (χ1n) is 7.74. The van der Waals surface area contributed by atoms with Gasteiger partial charge in [-0.2, -0.15) is 0 Å². The fourth-order valence-electron chi connectivity index (χ4n) is 2.78. The van der Waals surface area contributed by atoms with Gasteiger partial charge in [-0.25, -0.2) is 4.98 Å². The van der Waals surface area contributed by atoms with E-state index in [1.807, 2.05) is 6.92 Å². The third kappa shape index (κ3) is 3.74.